The van der Waals surface area contributed by atoms with Crippen LogP contribution >= 0.6 is 0 Å². The van der Waals surface area contributed by atoms with Crippen LogP contribution < -0.4 is 5.32 Å². The molecule has 1 aromatic rings. The van der Waals surface area contributed by atoms with Gasteiger partial charge in [0.25, 0.3) is 5.91 Å². The van der Waals surface area contributed by atoms with Crippen LogP contribution in [0.5, 0.6) is 0 Å². The molecule has 2 saturated heterocycles. The van der Waals surface area contributed by atoms with Gasteiger partial charge in [0.05, 0.1) is 7.05 Å². The monoisotopic (exact) mass is 278 g/mol. The maximum absolute atomic E-state index is 12.7. The van der Waals surface area contributed by atoms with Gasteiger partial charge in [0.1, 0.15) is 0 Å². The molecule has 2 aliphatic heterocycles. The van der Waals surface area contributed by atoms with Crippen molar-refractivity contribution in [1.82, 2.24) is 14.8 Å². The molecule has 0 aromatic carbocycles. The molecule has 7 nitrogen and oxygen atoms in total. The number of aromatic nitrogens is 1. The highest BCUT2D eigenvalue weighted by Crippen LogP contribution is 2.33. The molecular formula is C13H18N4O3. The molecule has 0 bridgehead atoms. The number of rotatable bonds is 2. The minimum atomic E-state index is -0.468. The second-order valence-corrected chi connectivity index (χ2v) is 5.68. The Hall–Kier alpha value is -1.89. The van der Waals surface area contributed by atoms with E-state index in [9.17, 15) is 14.9 Å². The van der Waals surface area contributed by atoms with Crippen LogP contribution in [-0.4, -0.2) is 45.5 Å². The van der Waals surface area contributed by atoms with E-state index in [0.29, 0.717) is 11.6 Å². The first-order valence-electron chi connectivity index (χ1n) is 6.84. The van der Waals surface area contributed by atoms with Gasteiger partial charge in [0.15, 0.2) is 5.69 Å². The number of nitro groups is 1. The Labute approximate surface area is 116 Å². The Balaban J connectivity index is 1.91. The van der Waals surface area contributed by atoms with Crippen molar-refractivity contribution in [3.05, 3.63) is 27.9 Å². The van der Waals surface area contributed by atoms with Gasteiger partial charge in [-0.25, -0.2) is 4.57 Å². The zero-order valence-electron chi connectivity index (χ0n) is 11.6. The van der Waals surface area contributed by atoms with Gasteiger partial charge in [-0.3, -0.25) is 4.79 Å². The van der Waals surface area contributed by atoms with Gasteiger partial charge in [0, 0.05) is 31.2 Å². The smallest absolute Gasteiger partial charge is 0.323 e. The van der Waals surface area contributed by atoms with Gasteiger partial charge in [-0.1, -0.05) is 0 Å². The van der Waals surface area contributed by atoms with Crippen molar-refractivity contribution in [2.24, 2.45) is 13.0 Å². The molecule has 3 rings (SSSR count). The van der Waals surface area contributed by atoms with E-state index in [2.05, 4.69) is 5.32 Å². The third kappa shape index (κ3) is 1.81. The molecule has 20 heavy (non-hydrogen) atoms. The van der Waals surface area contributed by atoms with Crippen LogP contribution in [0.3, 0.4) is 0 Å². The van der Waals surface area contributed by atoms with E-state index in [0.717, 1.165) is 19.5 Å². The number of amides is 1. The van der Waals surface area contributed by atoms with Crippen molar-refractivity contribution in [1.29, 1.82) is 0 Å². The average molecular weight is 278 g/mol. The Morgan fingerprint density at radius 3 is 2.85 bits per heavy atom. The molecule has 0 radical (unpaired) electrons. The predicted molar refractivity (Wildman–Crippen MR) is 72.5 cm³/mol. The Morgan fingerprint density at radius 1 is 1.45 bits per heavy atom. The molecule has 3 unspecified atom stereocenters. The lowest BCUT2D eigenvalue weighted by atomic mass is 10.0. The molecule has 108 valence electrons. The van der Waals surface area contributed by atoms with Gasteiger partial charge in [-0.15, -0.1) is 0 Å². The van der Waals surface area contributed by atoms with Crippen molar-refractivity contribution >= 4 is 11.7 Å². The normalized spacial score (nSPS) is 28.7. The first kappa shape index (κ1) is 13.1. The van der Waals surface area contributed by atoms with Crippen molar-refractivity contribution in [3.63, 3.8) is 0 Å². The van der Waals surface area contributed by atoms with Crippen molar-refractivity contribution < 1.29 is 9.72 Å². The minimum Gasteiger partial charge on any atom is -0.358 e. The lowest BCUT2D eigenvalue weighted by Gasteiger charge is -2.26. The Kier molecular flexibility index (Phi) is 3.01. The number of carbonyl (C=O) groups is 1. The topological polar surface area (TPSA) is 80.4 Å². The first-order chi connectivity index (χ1) is 9.50. The molecule has 0 saturated carbocycles. The van der Waals surface area contributed by atoms with Crippen LogP contribution in [0.25, 0.3) is 0 Å². The summed E-state index contributed by atoms with van der Waals surface area (Å²) in [6.07, 6.45) is 0.996. The standard InChI is InChI=1S/C13H18N4O3/c1-8-5-9-6-14-7-11(9)16(8)13(18)10-3-4-12(15(10)2)17(19)20/h3-4,8-9,11,14H,5-7H2,1-2H3. The number of nitrogens with zero attached hydrogens (tertiary/aromatic N) is 3. The van der Waals surface area contributed by atoms with Gasteiger partial charge < -0.3 is 20.3 Å². The predicted octanol–water partition coefficient (Wildman–Crippen LogP) is 0.756. The fraction of sp³-hybridized carbons (Fsp3) is 0.615. The summed E-state index contributed by atoms with van der Waals surface area (Å²) in [5.41, 5.74) is 0.385. The highest BCUT2D eigenvalue weighted by molar-refractivity contribution is 5.94. The molecule has 1 N–H and O–H groups in total. The third-order valence-corrected chi connectivity index (χ3v) is 4.52. The molecule has 2 fully saturated rings. The number of fused-ring (bicyclic) bond motifs is 1. The summed E-state index contributed by atoms with van der Waals surface area (Å²) in [7, 11) is 1.57. The maximum Gasteiger partial charge on any atom is 0.323 e. The highest BCUT2D eigenvalue weighted by Gasteiger charge is 2.45. The van der Waals surface area contributed by atoms with E-state index in [4.69, 9.17) is 0 Å². The van der Waals surface area contributed by atoms with Crippen LogP contribution in [0.15, 0.2) is 12.1 Å². The molecule has 0 spiro atoms. The summed E-state index contributed by atoms with van der Waals surface area (Å²) in [5.74, 6) is 0.342. The minimum absolute atomic E-state index is 0.0544. The van der Waals surface area contributed by atoms with E-state index in [1.165, 1.54) is 10.6 Å². The third-order valence-electron chi connectivity index (χ3n) is 4.52. The van der Waals surface area contributed by atoms with Crippen molar-refractivity contribution in [2.75, 3.05) is 13.1 Å². The molecule has 1 aromatic heterocycles. The van der Waals surface area contributed by atoms with E-state index in [1.807, 2.05) is 11.8 Å². The largest absolute Gasteiger partial charge is 0.358 e. The lowest BCUT2D eigenvalue weighted by Crippen LogP contribution is -2.43. The SMILES string of the molecule is CC1CC2CNCC2N1C(=O)c1ccc([N+](=O)[O-])n1C. The van der Waals surface area contributed by atoms with Gasteiger partial charge >= 0.3 is 5.82 Å². The first-order valence-corrected chi connectivity index (χ1v) is 6.84. The summed E-state index contributed by atoms with van der Waals surface area (Å²) >= 11 is 0. The Morgan fingerprint density at radius 2 is 2.20 bits per heavy atom. The van der Waals surface area contributed by atoms with Gasteiger partial charge in [-0.2, -0.15) is 0 Å². The molecule has 3 atom stereocenters. The summed E-state index contributed by atoms with van der Waals surface area (Å²) in [6, 6.07) is 3.33. The number of carbonyl (C=O) groups excluding carboxylic acids is 1. The van der Waals surface area contributed by atoms with E-state index in [1.54, 1.807) is 13.1 Å². The van der Waals surface area contributed by atoms with Crippen LogP contribution in [-0.2, 0) is 7.05 Å². The maximum atomic E-state index is 12.7. The zero-order chi connectivity index (χ0) is 14.4. The quantitative estimate of drug-likeness (QED) is 0.639. The number of hydrogen-bond acceptors (Lipinski definition) is 4. The molecule has 0 aliphatic carbocycles. The lowest BCUT2D eigenvalue weighted by molar-refractivity contribution is -0.391. The zero-order valence-corrected chi connectivity index (χ0v) is 11.6. The fourth-order valence-corrected chi connectivity index (χ4v) is 3.55. The summed E-state index contributed by atoms with van der Waals surface area (Å²) in [4.78, 5) is 25.0. The summed E-state index contributed by atoms with van der Waals surface area (Å²) in [6.45, 7) is 3.81. The average Bonchev–Trinajstić information content (AvgIpc) is 3.02. The van der Waals surface area contributed by atoms with E-state index < -0.39 is 4.92 Å². The summed E-state index contributed by atoms with van der Waals surface area (Å²) < 4.78 is 1.37. The number of hydrogen-bond donors (Lipinski definition) is 1. The van der Waals surface area contributed by atoms with Gasteiger partial charge in [-0.05, 0) is 30.3 Å². The van der Waals surface area contributed by atoms with E-state index in [-0.39, 0.29) is 23.8 Å². The van der Waals surface area contributed by atoms with Crippen LogP contribution in [0.1, 0.15) is 23.8 Å². The molecule has 2 aliphatic rings. The van der Waals surface area contributed by atoms with Crippen LogP contribution in [0.4, 0.5) is 5.82 Å². The second-order valence-electron chi connectivity index (χ2n) is 5.68. The molecule has 7 heteroatoms. The van der Waals surface area contributed by atoms with Crippen LogP contribution in [0.2, 0.25) is 0 Å². The molecular weight excluding hydrogens is 260 g/mol. The number of nitrogens with one attached hydrogen (secondary N) is 1. The Bertz CT molecular complexity index is 568. The molecule has 1 amide bonds. The van der Waals surface area contributed by atoms with Crippen LogP contribution in [0, 0.1) is 16.0 Å². The second kappa shape index (κ2) is 4.59. The fourth-order valence-electron chi connectivity index (χ4n) is 3.55. The van der Waals surface area contributed by atoms with Crippen molar-refractivity contribution in [2.45, 2.75) is 25.4 Å². The van der Waals surface area contributed by atoms with Crippen molar-refractivity contribution in [3.8, 4) is 0 Å². The summed E-state index contributed by atoms with van der Waals surface area (Å²) in [5, 5.41) is 14.2. The van der Waals surface area contributed by atoms with E-state index >= 15 is 0 Å². The van der Waals surface area contributed by atoms with Gasteiger partial charge in [0.2, 0.25) is 0 Å². The molecule has 3 heterocycles. The number of likely N-dealkylation sites (tertiary alicyclic amines) is 1. The highest BCUT2D eigenvalue weighted by atomic mass is 16.6.